The standard InChI is InChI=1S/C33H41N7O9/c1-32(2)46-25-24(45-28-27(26(25)47-32)48-33(3,4)49-28)19-44-31-36-29(34-18-20-6-12-23(43-5)13-7-20)35-30(37-31)39-16-14-38(15-17-39)21-8-10-22(11-9-21)40(41)42/h6-13,24-28H,14-19H2,1-5H3,(H,34,35,36,37)/t24-,25+,26+,27-,28-/m1/s1. The molecular formula is C33H41N7O9. The number of hydrogen-bond acceptors (Lipinski definition) is 15. The molecule has 0 spiro atoms. The van der Waals surface area contributed by atoms with Gasteiger partial charge < -0.3 is 48.3 Å². The number of nitrogens with one attached hydrogen (secondary N) is 1. The van der Waals surface area contributed by atoms with Crippen LogP contribution >= 0.6 is 0 Å². The molecule has 2 aromatic carbocycles. The molecule has 0 aliphatic carbocycles. The first-order chi connectivity index (χ1) is 23.4. The maximum absolute atomic E-state index is 11.1. The quantitative estimate of drug-likeness (QED) is 0.244. The van der Waals surface area contributed by atoms with Crippen molar-refractivity contribution in [2.75, 3.05) is 55.0 Å². The molecule has 4 aliphatic rings. The molecule has 3 aromatic rings. The molecule has 1 N–H and O–H groups in total. The lowest BCUT2D eigenvalue weighted by Gasteiger charge is -2.37. The number of hydrogen-bond donors (Lipinski definition) is 1. The van der Waals surface area contributed by atoms with E-state index < -0.39 is 47.2 Å². The summed E-state index contributed by atoms with van der Waals surface area (Å²) in [5.74, 6) is -0.0820. The minimum absolute atomic E-state index is 0.0624. The van der Waals surface area contributed by atoms with Crippen molar-refractivity contribution in [3.05, 3.63) is 64.2 Å². The average molecular weight is 680 g/mol. The van der Waals surface area contributed by atoms with E-state index in [4.69, 9.17) is 43.1 Å². The predicted octanol–water partition coefficient (Wildman–Crippen LogP) is 3.50. The highest BCUT2D eigenvalue weighted by Gasteiger charge is 2.60. The van der Waals surface area contributed by atoms with Gasteiger partial charge in [0, 0.05) is 50.5 Å². The van der Waals surface area contributed by atoms with Crippen LogP contribution in [0.25, 0.3) is 0 Å². The first-order valence-electron chi connectivity index (χ1n) is 16.3. The molecule has 5 heterocycles. The molecule has 0 unspecified atom stereocenters. The zero-order valence-corrected chi connectivity index (χ0v) is 28.1. The van der Waals surface area contributed by atoms with E-state index in [0.29, 0.717) is 44.6 Å². The van der Waals surface area contributed by atoms with Crippen molar-refractivity contribution in [1.29, 1.82) is 0 Å². The van der Waals surface area contributed by atoms with Crippen LogP contribution in [0.3, 0.4) is 0 Å². The number of nitrogens with zero attached hydrogens (tertiary/aromatic N) is 6. The maximum Gasteiger partial charge on any atom is 0.323 e. The number of nitro benzene ring substituents is 1. The molecule has 49 heavy (non-hydrogen) atoms. The number of ether oxygens (including phenoxy) is 7. The van der Waals surface area contributed by atoms with Crippen LogP contribution in [-0.4, -0.2) is 102 Å². The molecule has 16 nitrogen and oxygen atoms in total. The molecule has 1 aromatic heterocycles. The molecule has 4 fully saturated rings. The van der Waals surface area contributed by atoms with Crippen LogP contribution in [0.4, 0.5) is 23.3 Å². The summed E-state index contributed by atoms with van der Waals surface area (Å²) in [6.45, 7) is 10.5. The Morgan fingerprint density at radius 3 is 2.20 bits per heavy atom. The van der Waals surface area contributed by atoms with E-state index in [-0.39, 0.29) is 18.3 Å². The van der Waals surface area contributed by atoms with Crippen LogP contribution in [0.1, 0.15) is 33.3 Å². The average Bonchev–Trinajstić information content (AvgIpc) is 3.60. The fourth-order valence-electron chi connectivity index (χ4n) is 6.49. The Kier molecular flexibility index (Phi) is 8.91. The summed E-state index contributed by atoms with van der Waals surface area (Å²) in [6.07, 6.45) is -2.51. The second kappa shape index (κ2) is 13.2. The number of methoxy groups -OCH3 is 1. The molecule has 262 valence electrons. The zero-order chi connectivity index (χ0) is 34.3. The second-order valence-corrected chi connectivity index (χ2v) is 13.2. The molecule has 0 bridgehead atoms. The summed E-state index contributed by atoms with van der Waals surface area (Å²) in [4.78, 5) is 29.0. The lowest BCUT2D eigenvalue weighted by atomic mass is 9.99. The summed E-state index contributed by atoms with van der Waals surface area (Å²) in [5, 5.41) is 14.4. The van der Waals surface area contributed by atoms with Crippen LogP contribution in [0.5, 0.6) is 11.8 Å². The highest BCUT2D eigenvalue weighted by atomic mass is 16.9. The maximum atomic E-state index is 11.1. The van der Waals surface area contributed by atoms with Gasteiger partial charge in [0.1, 0.15) is 36.8 Å². The third kappa shape index (κ3) is 7.33. The third-order valence-corrected chi connectivity index (χ3v) is 8.83. The Bertz CT molecular complexity index is 1630. The van der Waals surface area contributed by atoms with Gasteiger partial charge in [0.05, 0.1) is 12.0 Å². The van der Waals surface area contributed by atoms with Gasteiger partial charge in [0.15, 0.2) is 17.9 Å². The van der Waals surface area contributed by atoms with Gasteiger partial charge in [0.2, 0.25) is 11.9 Å². The van der Waals surface area contributed by atoms with Gasteiger partial charge in [-0.15, -0.1) is 0 Å². The van der Waals surface area contributed by atoms with Gasteiger partial charge in [-0.3, -0.25) is 10.1 Å². The van der Waals surface area contributed by atoms with Crippen molar-refractivity contribution < 1.29 is 38.1 Å². The monoisotopic (exact) mass is 679 g/mol. The summed E-state index contributed by atoms with van der Waals surface area (Å²) in [6, 6.07) is 14.4. The highest BCUT2D eigenvalue weighted by molar-refractivity contribution is 5.52. The fourth-order valence-corrected chi connectivity index (χ4v) is 6.49. The van der Waals surface area contributed by atoms with Gasteiger partial charge in [-0.25, -0.2) is 0 Å². The third-order valence-electron chi connectivity index (χ3n) is 8.83. The number of fused-ring (bicyclic) bond motifs is 3. The van der Waals surface area contributed by atoms with Gasteiger partial charge in [-0.2, -0.15) is 15.0 Å². The van der Waals surface area contributed by atoms with E-state index in [0.717, 1.165) is 17.0 Å². The number of piperazine rings is 1. The van der Waals surface area contributed by atoms with Crippen molar-refractivity contribution in [3.63, 3.8) is 0 Å². The summed E-state index contributed by atoms with van der Waals surface area (Å²) >= 11 is 0. The molecule has 0 radical (unpaired) electrons. The van der Waals surface area contributed by atoms with Gasteiger partial charge in [-0.1, -0.05) is 12.1 Å². The summed E-state index contributed by atoms with van der Waals surface area (Å²) < 4.78 is 42.5. The van der Waals surface area contributed by atoms with E-state index in [1.165, 1.54) is 12.1 Å². The van der Waals surface area contributed by atoms with E-state index in [1.807, 2.05) is 52.0 Å². The molecule has 7 rings (SSSR count). The van der Waals surface area contributed by atoms with Crippen molar-refractivity contribution >= 4 is 23.3 Å². The summed E-state index contributed by atoms with van der Waals surface area (Å²) in [7, 11) is 1.63. The molecule has 4 saturated heterocycles. The largest absolute Gasteiger partial charge is 0.497 e. The molecular weight excluding hydrogens is 638 g/mol. The van der Waals surface area contributed by atoms with Crippen molar-refractivity contribution in [2.24, 2.45) is 0 Å². The zero-order valence-electron chi connectivity index (χ0n) is 28.1. The fraction of sp³-hybridized carbons (Fsp3) is 0.545. The Labute approximate surface area is 283 Å². The minimum atomic E-state index is -0.836. The topological polar surface area (TPSA) is 165 Å². The van der Waals surface area contributed by atoms with E-state index >= 15 is 0 Å². The Balaban J connectivity index is 1.08. The minimum Gasteiger partial charge on any atom is -0.497 e. The number of aromatic nitrogens is 3. The number of rotatable bonds is 10. The first-order valence-corrected chi connectivity index (χ1v) is 16.3. The summed E-state index contributed by atoms with van der Waals surface area (Å²) in [5.41, 5.74) is 1.99. The van der Waals surface area contributed by atoms with Crippen molar-refractivity contribution in [3.8, 4) is 11.8 Å². The molecule has 0 saturated carbocycles. The smallest absolute Gasteiger partial charge is 0.323 e. The second-order valence-electron chi connectivity index (χ2n) is 13.2. The van der Waals surface area contributed by atoms with Crippen LogP contribution < -0.4 is 24.6 Å². The van der Waals surface area contributed by atoms with Crippen LogP contribution in [0.15, 0.2) is 48.5 Å². The highest BCUT2D eigenvalue weighted by Crippen LogP contribution is 2.44. The van der Waals surface area contributed by atoms with E-state index in [2.05, 4.69) is 20.1 Å². The normalized spacial score (nSPS) is 26.9. The van der Waals surface area contributed by atoms with Gasteiger partial charge >= 0.3 is 6.01 Å². The van der Waals surface area contributed by atoms with Crippen LogP contribution in [0.2, 0.25) is 0 Å². The lowest BCUT2D eigenvalue weighted by Crippen LogP contribution is -2.56. The SMILES string of the molecule is COc1ccc(CNc2nc(OC[C@H]3O[C@@H]4OC(C)(C)O[C@@H]4[C@H]4OC(C)(C)O[C@H]43)nc(N3CCN(c4ccc([N+](=O)[O-])cc4)CC3)n2)cc1. The Morgan fingerprint density at radius 2 is 1.51 bits per heavy atom. The Hall–Kier alpha value is -4.35. The van der Waals surface area contributed by atoms with E-state index in [1.54, 1.807) is 19.2 Å². The van der Waals surface area contributed by atoms with Gasteiger partial charge in [-0.05, 0) is 57.5 Å². The van der Waals surface area contributed by atoms with Crippen LogP contribution in [0, 0.1) is 10.1 Å². The molecule has 4 aliphatic heterocycles. The number of benzene rings is 2. The number of anilines is 3. The van der Waals surface area contributed by atoms with Crippen LogP contribution in [-0.2, 0) is 30.2 Å². The predicted molar refractivity (Wildman–Crippen MR) is 176 cm³/mol. The Morgan fingerprint density at radius 1 is 0.857 bits per heavy atom. The number of nitro groups is 1. The molecule has 0 amide bonds. The van der Waals surface area contributed by atoms with Crippen molar-refractivity contribution in [2.45, 2.75) is 76.5 Å². The van der Waals surface area contributed by atoms with Crippen molar-refractivity contribution in [1.82, 2.24) is 15.0 Å². The number of non-ortho nitro benzene ring substituents is 1. The van der Waals surface area contributed by atoms with E-state index in [9.17, 15) is 10.1 Å². The first kappa shape index (κ1) is 33.2. The van der Waals surface area contributed by atoms with Gasteiger partial charge in [0.25, 0.3) is 5.69 Å². The molecule has 16 heteroatoms. The molecule has 5 atom stereocenters. The lowest BCUT2D eigenvalue weighted by molar-refractivity contribution is -0.384.